The van der Waals surface area contributed by atoms with E-state index in [1.165, 1.54) is 0 Å². The third kappa shape index (κ3) is 2.49. The fourth-order valence-electron chi connectivity index (χ4n) is 0.554. The van der Waals surface area contributed by atoms with Crippen molar-refractivity contribution in [1.29, 1.82) is 5.26 Å². The highest BCUT2D eigenvalue weighted by molar-refractivity contribution is 5.74. The van der Waals surface area contributed by atoms with Crippen molar-refractivity contribution >= 4 is 5.97 Å². The van der Waals surface area contributed by atoms with Crippen LogP contribution in [-0.4, -0.2) is 12.6 Å². The Bertz CT molecular complexity index is 148. The van der Waals surface area contributed by atoms with Gasteiger partial charge in [-0.05, 0) is 13.3 Å². The van der Waals surface area contributed by atoms with Crippen LogP contribution in [0.2, 0.25) is 0 Å². The molecule has 0 aromatic carbocycles. The number of hydrogen-bond donors (Lipinski definition) is 0. The van der Waals surface area contributed by atoms with Crippen molar-refractivity contribution in [2.45, 2.75) is 20.3 Å². The third-order valence-corrected chi connectivity index (χ3v) is 1.14. The van der Waals surface area contributed by atoms with Gasteiger partial charge in [-0.25, -0.2) is 0 Å². The van der Waals surface area contributed by atoms with E-state index in [1.54, 1.807) is 13.8 Å². The van der Waals surface area contributed by atoms with Crippen LogP contribution in [0.1, 0.15) is 20.3 Å². The Morgan fingerprint density at radius 2 is 2.30 bits per heavy atom. The summed E-state index contributed by atoms with van der Waals surface area (Å²) in [5, 5.41) is 8.37. The molecular formula is C7H11NO2. The van der Waals surface area contributed by atoms with Gasteiger partial charge in [0.15, 0.2) is 0 Å². The van der Waals surface area contributed by atoms with E-state index in [9.17, 15) is 4.79 Å². The first-order valence-electron chi connectivity index (χ1n) is 3.32. The average Bonchev–Trinajstić information content (AvgIpc) is 1.91. The summed E-state index contributed by atoms with van der Waals surface area (Å²) in [6.07, 6.45) is 0.523. The second-order valence-electron chi connectivity index (χ2n) is 1.84. The van der Waals surface area contributed by atoms with Crippen LogP contribution in [0.3, 0.4) is 0 Å². The van der Waals surface area contributed by atoms with E-state index < -0.39 is 11.9 Å². The maximum Gasteiger partial charge on any atom is 0.323 e. The molecule has 0 amide bonds. The predicted octanol–water partition coefficient (Wildman–Crippen LogP) is 1.10. The SMILES string of the molecule is CCOC(=O)[C@@H](C#N)CC. The molecule has 0 radical (unpaired) electrons. The van der Waals surface area contributed by atoms with Crippen molar-refractivity contribution < 1.29 is 9.53 Å². The van der Waals surface area contributed by atoms with Crippen LogP contribution in [0.5, 0.6) is 0 Å². The molecule has 0 N–H and O–H groups in total. The number of nitriles is 1. The van der Waals surface area contributed by atoms with Crippen LogP contribution in [0.15, 0.2) is 0 Å². The quantitative estimate of drug-likeness (QED) is 0.553. The van der Waals surface area contributed by atoms with Gasteiger partial charge < -0.3 is 4.74 Å². The molecule has 0 aliphatic rings. The largest absolute Gasteiger partial charge is 0.465 e. The molecule has 0 fully saturated rings. The fourth-order valence-corrected chi connectivity index (χ4v) is 0.554. The van der Waals surface area contributed by atoms with Crippen LogP contribution in [0, 0.1) is 17.2 Å². The smallest absolute Gasteiger partial charge is 0.323 e. The Kier molecular flexibility index (Phi) is 4.30. The van der Waals surface area contributed by atoms with Crippen LogP contribution in [-0.2, 0) is 9.53 Å². The summed E-state index contributed by atoms with van der Waals surface area (Å²) < 4.78 is 4.62. The van der Waals surface area contributed by atoms with Crippen LogP contribution in [0.25, 0.3) is 0 Å². The van der Waals surface area contributed by atoms with Crippen LogP contribution >= 0.6 is 0 Å². The number of hydrogen-bond acceptors (Lipinski definition) is 3. The van der Waals surface area contributed by atoms with Crippen molar-refractivity contribution in [3.8, 4) is 6.07 Å². The summed E-state index contributed by atoms with van der Waals surface area (Å²) >= 11 is 0. The Labute approximate surface area is 60.6 Å². The minimum absolute atomic E-state index is 0.344. The van der Waals surface area contributed by atoms with Crippen molar-refractivity contribution in [3.05, 3.63) is 0 Å². The molecule has 0 aliphatic heterocycles. The number of ether oxygens (including phenoxy) is 1. The first-order valence-corrected chi connectivity index (χ1v) is 3.32. The monoisotopic (exact) mass is 141 g/mol. The van der Waals surface area contributed by atoms with Gasteiger partial charge in [-0.2, -0.15) is 5.26 Å². The van der Waals surface area contributed by atoms with Gasteiger partial charge in [-0.3, -0.25) is 4.79 Å². The van der Waals surface area contributed by atoms with E-state index >= 15 is 0 Å². The molecule has 3 nitrogen and oxygen atoms in total. The molecule has 10 heavy (non-hydrogen) atoms. The van der Waals surface area contributed by atoms with Crippen LogP contribution in [0.4, 0.5) is 0 Å². The zero-order valence-electron chi connectivity index (χ0n) is 6.26. The first-order chi connectivity index (χ1) is 4.76. The molecule has 0 saturated heterocycles. The highest BCUT2D eigenvalue weighted by atomic mass is 16.5. The molecule has 0 heterocycles. The summed E-state index contributed by atoms with van der Waals surface area (Å²) in [5.41, 5.74) is 0. The molecule has 0 aromatic heterocycles. The molecule has 56 valence electrons. The first kappa shape index (κ1) is 8.96. The Hall–Kier alpha value is -1.04. The number of nitrogens with zero attached hydrogens (tertiary/aromatic N) is 1. The maximum atomic E-state index is 10.8. The molecule has 0 spiro atoms. The van der Waals surface area contributed by atoms with E-state index in [0.717, 1.165) is 0 Å². The zero-order chi connectivity index (χ0) is 7.98. The second-order valence-corrected chi connectivity index (χ2v) is 1.84. The molecule has 3 heteroatoms. The molecule has 0 aliphatic carbocycles. The Morgan fingerprint density at radius 1 is 1.70 bits per heavy atom. The fraction of sp³-hybridized carbons (Fsp3) is 0.714. The predicted molar refractivity (Wildman–Crippen MR) is 36.0 cm³/mol. The minimum atomic E-state index is -0.583. The minimum Gasteiger partial charge on any atom is -0.465 e. The molecule has 0 saturated carbocycles. The van der Waals surface area contributed by atoms with Crippen molar-refractivity contribution in [1.82, 2.24) is 0 Å². The summed E-state index contributed by atoms with van der Waals surface area (Å²) in [6, 6.07) is 1.86. The van der Waals surface area contributed by atoms with E-state index in [4.69, 9.17) is 5.26 Å². The average molecular weight is 141 g/mol. The van der Waals surface area contributed by atoms with Gasteiger partial charge in [0.1, 0.15) is 5.92 Å². The van der Waals surface area contributed by atoms with Gasteiger partial charge in [-0.1, -0.05) is 6.92 Å². The van der Waals surface area contributed by atoms with Gasteiger partial charge in [-0.15, -0.1) is 0 Å². The van der Waals surface area contributed by atoms with Crippen molar-refractivity contribution in [2.24, 2.45) is 5.92 Å². The number of esters is 1. The van der Waals surface area contributed by atoms with Gasteiger partial charge in [0.05, 0.1) is 12.7 Å². The standard InChI is InChI=1S/C7H11NO2/c1-3-6(5-8)7(9)10-4-2/h6H,3-4H2,1-2H3/t6-/m1/s1. The van der Waals surface area contributed by atoms with E-state index in [-0.39, 0.29) is 0 Å². The lowest BCUT2D eigenvalue weighted by Crippen LogP contribution is -2.14. The highest BCUT2D eigenvalue weighted by Crippen LogP contribution is 2.02. The normalized spacial score (nSPS) is 11.7. The summed E-state index contributed by atoms with van der Waals surface area (Å²) in [5.74, 6) is -0.993. The lowest BCUT2D eigenvalue weighted by Gasteiger charge is -2.03. The van der Waals surface area contributed by atoms with Gasteiger partial charge in [0.2, 0.25) is 0 Å². The molecule has 0 bridgehead atoms. The number of carbonyl (C=O) groups excluding carboxylic acids is 1. The molecule has 1 atom stereocenters. The Balaban J connectivity index is 3.80. The summed E-state index contributed by atoms with van der Waals surface area (Å²) in [6.45, 7) is 3.85. The summed E-state index contributed by atoms with van der Waals surface area (Å²) in [4.78, 5) is 10.8. The van der Waals surface area contributed by atoms with Gasteiger partial charge in [0.25, 0.3) is 0 Å². The maximum absolute atomic E-state index is 10.8. The number of rotatable bonds is 3. The zero-order valence-corrected chi connectivity index (χ0v) is 6.26. The van der Waals surface area contributed by atoms with E-state index in [2.05, 4.69) is 4.74 Å². The third-order valence-electron chi connectivity index (χ3n) is 1.14. The van der Waals surface area contributed by atoms with Gasteiger partial charge >= 0.3 is 5.97 Å². The topological polar surface area (TPSA) is 50.1 Å². The lowest BCUT2D eigenvalue weighted by molar-refractivity contribution is -0.146. The highest BCUT2D eigenvalue weighted by Gasteiger charge is 2.15. The Morgan fingerprint density at radius 3 is 2.60 bits per heavy atom. The molecular weight excluding hydrogens is 130 g/mol. The van der Waals surface area contributed by atoms with Crippen molar-refractivity contribution in [3.63, 3.8) is 0 Å². The van der Waals surface area contributed by atoms with E-state index in [1.807, 2.05) is 6.07 Å². The van der Waals surface area contributed by atoms with E-state index in [0.29, 0.717) is 13.0 Å². The van der Waals surface area contributed by atoms with Crippen LogP contribution < -0.4 is 0 Å². The summed E-state index contributed by atoms with van der Waals surface area (Å²) in [7, 11) is 0. The molecule has 0 aromatic rings. The van der Waals surface area contributed by atoms with Crippen molar-refractivity contribution in [2.75, 3.05) is 6.61 Å². The molecule has 0 unspecified atom stereocenters. The second kappa shape index (κ2) is 4.80. The van der Waals surface area contributed by atoms with Gasteiger partial charge in [0, 0.05) is 0 Å². The lowest BCUT2D eigenvalue weighted by atomic mass is 10.1. The number of carbonyl (C=O) groups is 1. The molecule has 0 rings (SSSR count).